The molecule has 0 bridgehead atoms. The first-order valence-electron chi connectivity index (χ1n) is 8.27. The van der Waals surface area contributed by atoms with E-state index in [9.17, 15) is 4.79 Å². The Balaban J connectivity index is 1.93. The first-order valence-corrected chi connectivity index (χ1v) is 8.65. The van der Waals surface area contributed by atoms with Gasteiger partial charge in [0.25, 0.3) is 0 Å². The molecule has 6 heteroatoms. The Morgan fingerprint density at radius 3 is 2.58 bits per heavy atom. The Bertz CT molecular complexity index is 1070. The van der Waals surface area contributed by atoms with Crippen molar-refractivity contribution in [2.45, 2.75) is 6.92 Å². The van der Waals surface area contributed by atoms with Crippen molar-refractivity contribution >= 4 is 28.6 Å². The number of carbonyl (C=O) groups excluding carboxylic acids is 1. The third kappa shape index (κ3) is 2.86. The van der Waals surface area contributed by atoms with Gasteiger partial charge in [-0.25, -0.2) is 9.48 Å². The van der Waals surface area contributed by atoms with Crippen LogP contribution in [0.25, 0.3) is 28.0 Å². The van der Waals surface area contributed by atoms with Gasteiger partial charge in [-0.2, -0.15) is 5.10 Å². The summed E-state index contributed by atoms with van der Waals surface area (Å²) in [6.07, 6.45) is 0. The SMILES string of the molecule is CCOC(=O)c1cc2c([nH]1)c(-c1ccc(Cl)cc1)nn2-c1ccccc1. The first kappa shape index (κ1) is 16.4. The highest BCUT2D eigenvalue weighted by Gasteiger charge is 2.19. The minimum atomic E-state index is -0.384. The first-order chi connectivity index (χ1) is 12.7. The topological polar surface area (TPSA) is 59.9 Å². The van der Waals surface area contributed by atoms with Crippen LogP contribution in [0.4, 0.5) is 0 Å². The molecule has 0 aliphatic carbocycles. The van der Waals surface area contributed by atoms with Crippen LogP contribution in [0.15, 0.2) is 60.7 Å². The van der Waals surface area contributed by atoms with Crippen LogP contribution < -0.4 is 0 Å². The van der Waals surface area contributed by atoms with Crippen molar-refractivity contribution in [3.05, 3.63) is 71.4 Å². The number of carbonyl (C=O) groups is 1. The predicted molar refractivity (Wildman–Crippen MR) is 102 cm³/mol. The molecule has 1 N–H and O–H groups in total. The van der Waals surface area contributed by atoms with Gasteiger partial charge in [-0.15, -0.1) is 0 Å². The molecule has 2 heterocycles. The number of H-pyrrole nitrogens is 1. The van der Waals surface area contributed by atoms with E-state index in [4.69, 9.17) is 21.4 Å². The summed E-state index contributed by atoms with van der Waals surface area (Å²) < 4.78 is 6.93. The van der Waals surface area contributed by atoms with Crippen molar-refractivity contribution in [3.8, 4) is 16.9 Å². The maximum absolute atomic E-state index is 12.2. The summed E-state index contributed by atoms with van der Waals surface area (Å²) in [6.45, 7) is 2.11. The van der Waals surface area contributed by atoms with E-state index in [2.05, 4.69) is 4.98 Å². The lowest BCUT2D eigenvalue weighted by Crippen LogP contribution is -2.05. The number of hydrogen-bond donors (Lipinski definition) is 1. The summed E-state index contributed by atoms with van der Waals surface area (Å²) in [5, 5.41) is 5.41. The minimum Gasteiger partial charge on any atom is -0.461 e. The van der Waals surface area contributed by atoms with Crippen molar-refractivity contribution in [1.29, 1.82) is 0 Å². The number of fused-ring (bicyclic) bond motifs is 1. The number of nitrogens with one attached hydrogen (secondary N) is 1. The maximum atomic E-state index is 12.2. The van der Waals surface area contributed by atoms with Crippen LogP contribution in [-0.2, 0) is 4.74 Å². The number of nitrogens with zero attached hydrogens (tertiary/aromatic N) is 2. The molecule has 0 spiro atoms. The second-order valence-electron chi connectivity index (χ2n) is 5.77. The number of hydrogen-bond acceptors (Lipinski definition) is 3. The van der Waals surface area contributed by atoms with E-state index >= 15 is 0 Å². The molecule has 0 fully saturated rings. The molecule has 4 aromatic rings. The molecule has 0 unspecified atom stereocenters. The van der Waals surface area contributed by atoms with Crippen LogP contribution in [0.1, 0.15) is 17.4 Å². The minimum absolute atomic E-state index is 0.322. The highest BCUT2D eigenvalue weighted by atomic mass is 35.5. The van der Waals surface area contributed by atoms with Gasteiger partial charge in [0.1, 0.15) is 11.4 Å². The van der Waals surface area contributed by atoms with Crippen molar-refractivity contribution in [1.82, 2.24) is 14.8 Å². The van der Waals surface area contributed by atoms with Gasteiger partial charge in [0.05, 0.1) is 23.3 Å². The van der Waals surface area contributed by atoms with Crippen molar-refractivity contribution < 1.29 is 9.53 Å². The van der Waals surface area contributed by atoms with Gasteiger partial charge in [-0.05, 0) is 37.3 Å². The van der Waals surface area contributed by atoms with Gasteiger partial charge in [0, 0.05) is 10.6 Å². The Morgan fingerprint density at radius 2 is 1.88 bits per heavy atom. The zero-order valence-electron chi connectivity index (χ0n) is 14.1. The summed E-state index contributed by atoms with van der Waals surface area (Å²) in [5.74, 6) is -0.384. The van der Waals surface area contributed by atoms with Crippen molar-refractivity contribution in [2.75, 3.05) is 6.61 Å². The fraction of sp³-hybridized carbons (Fsp3) is 0.100. The second-order valence-corrected chi connectivity index (χ2v) is 6.20. The Kier molecular flexibility index (Phi) is 4.22. The molecule has 5 nitrogen and oxygen atoms in total. The van der Waals surface area contributed by atoms with E-state index in [-0.39, 0.29) is 5.97 Å². The number of para-hydroxylation sites is 1. The number of aromatic nitrogens is 3. The van der Waals surface area contributed by atoms with Crippen LogP contribution in [0.2, 0.25) is 5.02 Å². The molecule has 2 aromatic carbocycles. The highest BCUT2D eigenvalue weighted by molar-refractivity contribution is 6.30. The largest absolute Gasteiger partial charge is 0.461 e. The van der Waals surface area contributed by atoms with E-state index in [1.54, 1.807) is 13.0 Å². The lowest BCUT2D eigenvalue weighted by Gasteiger charge is -2.02. The summed E-state index contributed by atoms with van der Waals surface area (Å²) in [6, 6.07) is 19.0. The fourth-order valence-electron chi connectivity index (χ4n) is 2.89. The Hall–Kier alpha value is -3.05. The van der Waals surface area contributed by atoms with E-state index in [1.165, 1.54) is 0 Å². The fourth-order valence-corrected chi connectivity index (χ4v) is 3.02. The standard InChI is InChI=1S/C20H16ClN3O2/c1-2-26-20(25)16-12-17-19(22-16)18(13-8-10-14(21)11-9-13)23-24(17)15-6-4-3-5-7-15/h3-12,22H,2H2,1H3. The Morgan fingerprint density at radius 1 is 1.15 bits per heavy atom. The van der Waals surface area contributed by atoms with Gasteiger partial charge in [0.15, 0.2) is 0 Å². The van der Waals surface area contributed by atoms with E-state index in [1.807, 2.05) is 59.3 Å². The number of ether oxygens (including phenoxy) is 1. The lowest BCUT2D eigenvalue weighted by molar-refractivity contribution is 0.0520. The summed E-state index contributed by atoms with van der Waals surface area (Å²) in [4.78, 5) is 15.3. The number of benzene rings is 2. The van der Waals surface area contributed by atoms with Gasteiger partial charge < -0.3 is 9.72 Å². The van der Waals surface area contributed by atoms with Crippen molar-refractivity contribution in [3.63, 3.8) is 0 Å². The van der Waals surface area contributed by atoms with Crippen LogP contribution in [0.3, 0.4) is 0 Å². The molecule has 2 aromatic heterocycles. The van der Waals surface area contributed by atoms with Gasteiger partial charge in [0.2, 0.25) is 0 Å². The quantitative estimate of drug-likeness (QED) is 0.526. The zero-order valence-corrected chi connectivity index (χ0v) is 14.8. The number of halogens is 1. The molecule has 26 heavy (non-hydrogen) atoms. The second kappa shape index (κ2) is 6.69. The molecule has 0 amide bonds. The monoisotopic (exact) mass is 365 g/mol. The third-order valence-corrected chi connectivity index (χ3v) is 4.33. The van der Waals surface area contributed by atoms with E-state index in [0.717, 1.165) is 28.0 Å². The van der Waals surface area contributed by atoms with Gasteiger partial charge in [-0.3, -0.25) is 0 Å². The molecule has 0 saturated carbocycles. The number of esters is 1. The van der Waals surface area contributed by atoms with Crippen LogP contribution in [-0.4, -0.2) is 27.3 Å². The van der Waals surface area contributed by atoms with E-state index < -0.39 is 0 Å². The molecule has 0 aliphatic heterocycles. The summed E-state index contributed by atoms with van der Waals surface area (Å²) >= 11 is 6.00. The molecular formula is C20H16ClN3O2. The van der Waals surface area contributed by atoms with Crippen LogP contribution >= 0.6 is 11.6 Å². The van der Waals surface area contributed by atoms with Crippen molar-refractivity contribution in [2.24, 2.45) is 0 Å². The zero-order chi connectivity index (χ0) is 18.1. The lowest BCUT2D eigenvalue weighted by atomic mass is 10.1. The van der Waals surface area contributed by atoms with E-state index in [0.29, 0.717) is 17.3 Å². The summed E-state index contributed by atoms with van der Waals surface area (Å²) in [5.41, 5.74) is 4.55. The molecule has 0 atom stereocenters. The molecular weight excluding hydrogens is 350 g/mol. The molecule has 130 valence electrons. The molecule has 0 aliphatic rings. The Labute approximate surface area is 155 Å². The van der Waals surface area contributed by atoms with Crippen LogP contribution in [0.5, 0.6) is 0 Å². The summed E-state index contributed by atoms with van der Waals surface area (Å²) in [7, 11) is 0. The normalized spacial score (nSPS) is 11.0. The number of rotatable bonds is 4. The third-order valence-electron chi connectivity index (χ3n) is 4.08. The maximum Gasteiger partial charge on any atom is 0.354 e. The smallest absolute Gasteiger partial charge is 0.354 e. The van der Waals surface area contributed by atoms with Gasteiger partial charge in [-0.1, -0.05) is 41.9 Å². The predicted octanol–water partition coefficient (Wildman–Crippen LogP) is 4.85. The van der Waals surface area contributed by atoms with Gasteiger partial charge >= 0.3 is 5.97 Å². The average molecular weight is 366 g/mol. The van der Waals surface area contributed by atoms with Crippen LogP contribution in [0, 0.1) is 0 Å². The highest BCUT2D eigenvalue weighted by Crippen LogP contribution is 2.31. The molecule has 0 saturated heterocycles. The molecule has 0 radical (unpaired) electrons. The molecule has 4 rings (SSSR count). The average Bonchev–Trinajstić information content (AvgIpc) is 3.23. The number of aromatic amines is 1.